The van der Waals surface area contributed by atoms with Gasteiger partial charge in [0.1, 0.15) is 11.3 Å². The van der Waals surface area contributed by atoms with E-state index in [2.05, 4.69) is 10.5 Å². The highest BCUT2D eigenvalue weighted by Crippen LogP contribution is 2.35. The second-order valence-electron chi connectivity index (χ2n) is 6.81. The first-order chi connectivity index (χ1) is 12.1. The normalized spacial score (nSPS) is 16.9. The van der Waals surface area contributed by atoms with Crippen LogP contribution in [-0.4, -0.2) is 23.5 Å². The zero-order valence-electron chi connectivity index (χ0n) is 14.2. The summed E-state index contributed by atoms with van der Waals surface area (Å²) in [6, 6.07) is 5.77. The third-order valence-electron chi connectivity index (χ3n) is 5.20. The minimum atomic E-state index is -0.259. The van der Waals surface area contributed by atoms with Gasteiger partial charge in [-0.05, 0) is 43.9 Å². The molecule has 130 valence electrons. The molecule has 2 amide bonds. The number of rotatable bonds is 3. The number of amides is 2. The van der Waals surface area contributed by atoms with Crippen LogP contribution >= 0.6 is 0 Å². The first kappa shape index (κ1) is 15.9. The van der Waals surface area contributed by atoms with Crippen LogP contribution < -0.4 is 10.2 Å². The van der Waals surface area contributed by atoms with Crippen LogP contribution in [0.5, 0.6) is 0 Å². The van der Waals surface area contributed by atoms with Gasteiger partial charge < -0.3 is 14.7 Å². The molecule has 1 aromatic heterocycles. The number of hydrogen-bond donors (Lipinski definition) is 1. The molecule has 1 saturated carbocycles. The predicted octanol–water partition coefficient (Wildman–Crippen LogP) is 3.31. The maximum atomic E-state index is 12.8. The van der Waals surface area contributed by atoms with E-state index >= 15 is 0 Å². The van der Waals surface area contributed by atoms with Crippen molar-refractivity contribution in [3.8, 4) is 0 Å². The molecule has 6 heteroatoms. The highest BCUT2D eigenvalue weighted by atomic mass is 16.5. The average molecular weight is 339 g/mol. The van der Waals surface area contributed by atoms with Gasteiger partial charge in [0.05, 0.1) is 6.20 Å². The van der Waals surface area contributed by atoms with Crippen molar-refractivity contribution < 1.29 is 14.1 Å². The smallest absolute Gasteiger partial charge is 0.260 e. The maximum absolute atomic E-state index is 12.8. The van der Waals surface area contributed by atoms with Gasteiger partial charge in [-0.1, -0.05) is 24.1 Å². The lowest BCUT2D eigenvalue weighted by atomic mass is 10.1. The number of fused-ring (bicyclic) bond motifs is 1. The van der Waals surface area contributed by atoms with Gasteiger partial charge in [-0.25, -0.2) is 0 Å². The number of aryl methyl sites for hydroxylation is 1. The lowest BCUT2D eigenvalue weighted by Gasteiger charge is -2.21. The van der Waals surface area contributed by atoms with Crippen LogP contribution in [0.1, 0.15) is 47.4 Å². The van der Waals surface area contributed by atoms with Crippen molar-refractivity contribution in [1.82, 2.24) is 5.16 Å². The Kier molecular flexibility index (Phi) is 4.03. The summed E-state index contributed by atoms with van der Waals surface area (Å²) in [6.07, 6.45) is 6.55. The maximum Gasteiger partial charge on any atom is 0.260 e. The number of carbonyl (C=O) groups excluding carboxylic acids is 2. The zero-order valence-corrected chi connectivity index (χ0v) is 14.2. The molecule has 0 bridgehead atoms. The van der Waals surface area contributed by atoms with Gasteiger partial charge >= 0.3 is 0 Å². The zero-order chi connectivity index (χ0) is 17.4. The average Bonchev–Trinajstić information content (AvgIpc) is 3.34. The van der Waals surface area contributed by atoms with Crippen molar-refractivity contribution in [3.63, 3.8) is 0 Å². The van der Waals surface area contributed by atoms with E-state index in [1.54, 1.807) is 6.92 Å². The molecule has 1 aliphatic carbocycles. The third-order valence-corrected chi connectivity index (χ3v) is 5.20. The Morgan fingerprint density at radius 1 is 1.28 bits per heavy atom. The number of anilines is 2. The summed E-state index contributed by atoms with van der Waals surface area (Å²) in [5.41, 5.74) is 3.18. The second-order valence-corrected chi connectivity index (χ2v) is 6.81. The lowest BCUT2D eigenvalue weighted by Crippen LogP contribution is -2.33. The summed E-state index contributed by atoms with van der Waals surface area (Å²) in [4.78, 5) is 27.0. The SMILES string of the molecule is Cc1oncc1C(=O)Nc1ccc2c(c1)N(C(=O)C1CCCC1)CC2. The van der Waals surface area contributed by atoms with Crippen molar-refractivity contribution >= 4 is 23.2 Å². The van der Waals surface area contributed by atoms with E-state index in [1.165, 1.54) is 6.20 Å². The number of carbonyl (C=O) groups is 2. The molecule has 25 heavy (non-hydrogen) atoms. The topological polar surface area (TPSA) is 75.4 Å². The molecule has 0 atom stereocenters. The number of nitrogens with zero attached hydrogens (tertiary/aromatic N) is 2. The van der Waals surface area contributed by atoms with E-state index in [0.29, 0.717) is 17.0 Å². The molecule has 1 fully saturated rings. The number of hydrogen-bond acceptors (Lipinski definition) is 4. The lowest BCUT2D eigenvalue weighted by molar-refractivity contribution is -0.122. The Balaban J connectivity index is 1.55. The van der Waals surface area contributed by atoms with Crippen LogP contribution in [0.15, 0.2) is 28.9 Å². The summed E-state index contributed by atoms with van der Waals surface area (Å²) < 4.78 is 4.94. The van der Waals surface area contributed by atoms with Crippen LogP contribution in [0, 0.1) is 12.8 Å². The predicted molar refractivity (Wildman–Crippen MR) is 93.7 cm³/mol. The molecule has 0 unspecified atom stereocenters. The molecular weight excluding hydrogens is 318 g/mol. The van der Waals surface area contributed by atoms with Crippen LogP contribution in [0.25, 0.3) is 0 Å². The summed E-state index contributed by atoms with van der Waals surface area (Å²) in [5.74, 6) is 0.612. The fourth-order valence-electron chi connectivity index (χ4n) is 3.79. The van der Waals surface area contributed by atoms with Gasteiger partial charge in [0.25, 0.3) is 5.91 Å². The first-order valence-corrected chi connectivity index (χ1v) is 8.80. The van der Waals surface area contributed by atoms with Crippen molar-refractivity contribution in [1.29, 1.82) is 0 Å². The largest absolute Gasteiger partial charge is 0.361 e. The molecule has 1 aromatic carbocycles. The molecule has 0 radical (unpaired) electrons. The van der Waals surface area contributed by atoms with Gasteiger partial charge in [0.15, 0.2) is 0 Å². The van der Waals surface area contributed by atoms with E-state index < -0.39 is 0 Å². The third kappa shape index (κ3) is 2.92. The van der Waals surface area contributed by atoms with Gasteiger partial charge in [-0.3, -0.25) is 9.59 Å². The molecule has 2 aromatic rings. The Labute approximate surface area is 146 Å². The fraction of sp³-hybridized carbons (Fsp3) is 0.421. The Hall–Kier alpha value is -2.63. The summed E-state index contributed by atoms with van der Waals surface area (Å²) in [7, 11) is 0. The van der Waals surface area contributed by atoms with Gasteiger partial charge in [-0.15, -0.1) is 0 Å². The molecule has 0 spiro atoms. The molecule has 2 heterocycles. The number of benzene rings is 1. The molecule has 4 rings (SSSR count). The number of aromatic nitrogens is 1. The summed E-state index contributed by atoms with van der Waals surface area (Å²) >= 11 is 0. The van der Waals surface area contributed by atoms with Crippen LogP contribution in [0.3, 0.4) is 0 Å². The second kappa shape index (κ2) is 6.35. The first-order valence-electron chi connectivity index (χ1n) is 8.80. The summed E-state index contributed by atoms with van der Waals surface area (Å²) in [5, 5.41) is 6.50. The Morgan fingerprint density at radius 2 is 2.08 bits per heavy atom. The molecular formula is C19H21N3O3. The van der Waals surface area contributed by atoms with Gasteiger partial charge in [0.2, 0.25) is 5.91 Å². The summed E-state index contributed by atoms with van der Waals surface area (Å²) in [6.45, 7) is 2.43. The molecule has 0 saturated heterocycles. The van der Waals surface area contributed by atoms with Crippen LogP contribution in [-0.2, 0) is 11.2 Å². The van der Waals surface area contributed by atoms with E-state index in [0.717, 1.165) is 49.9 Å². The molecule has 2 aliphatic rings. The van der Waals surface area contributed by atoms with Crippen molar-refractivity contribution in [2.75, 3.05) is 16.8 Å². The van der Waals surface area contributed by atoms with Crippen molar-refractivity contribution in [2.45, 2.75) is 39.0 Å². The molecule has 1 aliphatic heterocycles. The van der Waals surface area contributed by atoms with E-state index in [-0.39, 0.29) is 17.7 Å². The minimum Gasteiger partial charge on any atom is -0.361 e. The number of nitrogens with one attached hydrogen (secondary N) is 1. The Morgan fingerprint density at radius 3 is 2.80 bits per heavy atom. The van der Waals surface area contributed by atoms with Gasteiger partial charge in [0, 0.05) is 23.8 Å². The van der Waals surface area contributed by atoms with E-state index in [1.807, 2.05) is 23.1 Å². The molecule has 1 N–H and O–H groups in total. The van der Waals surface area contributed by atoms with Gasteiger partial charge in [-0.2, -0.15) is 0 Å². The Bertz CT molecular complexity index is 821. The van der Waals surface area contributed by atoms with E-state index in [4.69, 9.17) is 4.52 Å². The highest BCUT2D eigenvalue weighted by molar-refractivity contribution is 6.05. The quantitative estimate of drug-likeness (QED) is 0.931. The van der Waals surface area contributed by atoms with Crippen LogP contribution in [0.4, 0.5) is 11.4 Å². The monoisotopic (exact) mass is 339 g/mol. The van der Waals surface area contributed by atoms with Crippen molar-refractivity contribution in [2.24, 2.45) is 5.92 Å². The minimum absolute atomic E-state index is 0.156. The fourth-order valence-corrected chi connectivity index (χ4v) is 3.79. The van der Waals surface area contributed by atoms with Crippen LogP contribution in [0.2, 0.25) is 0 Å². The highest BCUT2D eigenvalue weighted by Gasteiger charge is 2.32. The molecule has 6 nitrogen and oxygen atoms in total. The standard InChI is InChI=1S/C19H21N3O3/c1-12-16(11-20-25-12)18(23)21-15-7-6-13-8-9-22(17(13)10-15)19(24)14-4-2-3-5-14/h6-7,10-11,14H,2-5,8-9H2,1H3,(H,21,23). The van der Waals surface area contributed by atoms with E-state index in [9.17, 15) is 9.59 Å². The van der Waals surface area contributed by atoms with Crippen molar-refractivity contribution in [3.05, 3.63) is 41.3 Å².